The number of hydrogen-bond acceptors (Lipinski definition) is 2. The number of rotatable bonds is 2. The second kappa shape index (κ2) is 3.50. The highest BCUT2D eigenvalue weighted by molar-refractivity contribution is 7.10. The molecule has 3 heteroatoms. The van der Waals surface area contributed by atoms with Crippen LogP contribution in [0.25, 0.3) is 0 Å². The molecule has 0 bridgehead atoms. The van der Waals surface area contributed by atoms with Gasteiger partial charge in [0, 0.05) is 17.8 Å². The van der Waals surface area contributed by atoms with Gasteiger partial charge in [-0.2, -0.15) is 0 Å². The molecule has 1 aliphatic heterocycles. The van der Waals surface area contributed by atoms with E-state index in [0.717, 1.165) is 31.8 Å². The van der Waals surface area contributed by atoms with Gasteiger partial charge < -0.3 is 4.90 Å². The van der Waals surface area contributed by atoms with Crippen LogP contribution >= 0.6 is 11.3 Å². The molecule has 2 rings (SSSR count). The summed E-state index contributed by atoms with van der Waals surface area (Å²) in [4.78, 5) is 3.59. The van der Waals surface area contributed by atoms with Crippen LogP contribution in [0.1, 0.15) is 23.3 Å². The van der Waals surface area contributed by atoms with Gasteiger partial charge in [0.05, 0.1) is 12.4 Å². The van der Waals surface area contributed by atoms with Crippen molar-refractivity contribution in [3.8, 4) is 0 Å². The van der Waals surface area contributed by atoms with E-state index in [9.17, 15) is 0 Å². The largest absolute Gasteiger partial charge is 0.355 e. The van der Waals surface area contributed by atoms with Gasteiger partial charge in [0.1, 0.15) is 0 Å². The number of likely N-dealkylation sites (tertiary alicyclic amines) is 1. The molecule has 0 amide bonds. The quantitative estimate of drug-likeness (QED) is 0.770. The summed E-state index contributed by atoms with van der Waals surface area (Å²) in [5.74, 6) is 0.813. The van der Waals surface area contributed by atoms with E-state index >= 15 is 0 Å². The minimum Gasteiger partial charge on any atom is -0.355 e. The van der Waals surface area contributed by atoms with E-state index in [4.69, 9.17) is 5.41 Å². The molecule has 1 saturated heterocycles. The molecule has 0 saturated carbocycles. The summed E-state index contributed by atoms with van der Waals surface area (Å²) in [5.41, 5.74) is 1.37. The first-order valence-corrected chi connectivity index (χ1v) is 5.50. The Balaban J connectivity index is 2.06. The van der Waals surface area contributed by atoms with Crippen molar-refractivity contribution in [2.24, 2.45) is 0 Å². The Morgan fingerprint density at radius 2 is 2.46 bits per heavy atom. The molecular formula is C10H14N2S. The summed E-state index contributed by atoms with van der Waals surface area (Å²) in [6.07, 6.45) is 2.12. The highest BCUT2D eigenvalue weighted by Crippen LogP contribution is 2.20. The number of amidine groups is 1. The van der Waals surface area contributed by atoms with Crippen LogP contribution in [0, 0.1) is 12.3 Å². The fraction of sp³-hybridized carbons (Fsp3) is 0.500. The van der Waals surface area contributed by atoms with Gasteiger partial charge in [-0.25, -0.2) is 0 Å². The van der Waals surface area contributed by atoms with Gasteiger partial charge in [-0.05, 0) is 30.4 Å². The molecule has 13 heavy (non-hydrogen) atoms. The topological polar surface area (TPSA) is 27.1 Å². The Labute approximate surface area is 82.7 Å². The van der Waals surface area contributed by atoms with Crippen molar-refractivity contribution in [2.75, 3.05) is 6.54 Å². The first kappa shape index (κ1) is 8.75. The third kappa shape index (κ3) is 1.75. The van der Waals surface area contributed by atoms with Crippen LogP contribution in [-0.2, 0) is 6.54 Å². The van der Waals surface area contributed by atoms with Crippen LogP contribution < -0.4 is 0 Å². The average molecular weight is 194 g/mol. The third-order valence-corrected chi connectivity index (χ3v) is 3.53. The van der Waals surface area contributed by atoms with Crippen molar-refractivity contribution in [2.45, 2.75) is 26.3 Å². The summed E-state index contributed by atoms with van der Waals surface area (Å²) in [5, 5.41) is 9.84. The highest BCUT2D eigenvalue weighted by Gasteiger charge is 2.17. The number of thiophene rings is 1. The van der Waals surface area contributed by atoms with Crippen molar-refractivity contribution < 1.29 is 0 Å². The standard InChI is InChI=1S/C10H14N2S/c1-8-4-6-13-9(8)7-12-5-2-3-10(12)11/h4,6,11H,2-3,5,7H2,1H3. The van der Waals surface area contributed by atoms with Gasteiger partial charge in [0.25, 0.3) is 0 Å². The van der Waals surface area contributed by atoms with Gasteiger partial charge in [-0.1, -0.05) is 0 Å². The molecule has 0 unspecified atom stereocenters. The van der Waals surface area contributed by atoms with E-state index < -0.39 is 0 Å². The Bertz CT molecular complexity index is 316. The van der Waals surface area contributed by atoms with Crippen molar-refractivity contribution >= 4 is 17.2 Å². The fourth-order valence-electron chi connectivity index (χ4n) is 1.64. The first-order chi connectivity index (χ1) is 6.27. The minimum absolute atomic E-state index is 0.813. The maximum absolute atomic E-state index is 7.71. The molecule has 2 heterocycles. The molecule has 0 radical (unpaired) electrons. The summed E-state index contributed by atoms with van der Waals surface area (Å²) in [6, 6.07) is 2.15. The predicted octanol–water partition coefficient (Wildman–Crippen LogP) is 2.63. The molecule has 1 N–H and O–H groups in total. The molecule has 2 nitrogen and oxygen atoms in total. The van der Waals surface area contributed by atoms with Gasteiger partial charge >= 0.3 is 0 Å². The number of aryl methyl sites for hydroxylation is 1. The maximum atomic E-state index is 7.71. The second-order valence-corrected chi connectivity index (χ2v) is 4.50. The normalized spacial score (nSPS) is 17.0. The summed E-state index contributed by atoms with van der Waals surface area (Å²) >= 11 is 1.80. The van der Waals surface area contributed by atoms with Gasteiger partial charge in [-0.15, -0.1) is 11.3 Å². The molecule has 0 spiro atoms. The van der Waals surface area contributed by atoms with Crippen LogP contribution in [0.3, 0.4) is 0 Å². The molecule has 1 fully saturated rings. The molecule has 70 valence electrons. The zero-order chi connectivity index (χ0) is 9.26. The summed E-state index contributed by atoms with van der Waals surface area (Å²) in [7, 11) is 0. The molecule has 1 aromatic rings. The lowest BCUT2D eigenvalue weighted by atomic mass is 10.3. The number of nitrogens with one attached hydrogen (secondary N) is 1. The maximum Gasteiger partial charge on any atom is 0.0961 e. The molecule has 1 aliphatic rings. The van der Waals surface area contributed by atoms with Crippen LogP contribution in [0.4, 0.5) is 0 Å². The van der Waals surface area contributed by atoms with E-state index in [1.54, 1.807) is 11.3 Å². The third-order valence-electron chi connectivity index (χ3n) is 2.53. The number of hydrogen-bond donors (Lipinski definition) is 1. The van der Waals surface area contributed by atoms with E-state index in [1.807, 2.05) is 0 Å². The Morgan fingerprint density at radius 3 is 3.00 bits per heavy atom. The smallest absolute Gasteiger partial charge is 0.0961 e. The lowest BCUT2D eigenvalue weighted by Crippen LogP contribution is -2.23. The SMILES string of the molecule is Cc1ccsc1CN1CCCC1=N. The monoisotopic (exact) mass is 194 g/mol. The molecule has 0 aromatic carbocycles. The van der Waals surface area contributed by atoms with Gasteiger partial charge in [0.2, 0.25) is 0 Å². The fourth-order valence-corrected chi connectivity index (χ4v) is 2.57. The average Bonchev–Trinajstić information content (AvgIpc) is 2.65. The van der Waals surface area contributed by atoms with Crippen molar-refractivity contribution in [3.05, 3.63) is 21.9 Å². The lowest BCUT2D eigenvalue weighted by molar-refractivity contribution is 0.449. The molecule has 0 atom stereocenters. The predicted molar refractivity (Wildman–Crippen MR) is 56.4 cm³/mol. The Morgan fingerprint density at radius 1 is 1.62 bits per heavy atom. The van der Waals surface area contributed by atoms with E-state index in [0.29, 0.717) is 0 Å². The molecular weight excluding hydrogens is 180 g/mol. The van der Waals surface area contributed by atoms with E-state index in [1.165, 1.54) is 10.4 Å². The lowest BCUT2D eigenvalue weighted by Gasteiger charge is -2.16. The van der Waals surface area contributed by atoms with E-state index in [-0.39, 0.29) is 0 Å². The first-order valence-electron chi connectivity index (χ1n) is 4.63. The van der Waals surface area contributed by atoms with Crippen molar-refractivity contribution in [1.29, 1.82) is 5.41 Å². The van der Waals surface area contributed by atoms with Gasteiger partial charge in [0.15, 0.2) is 0 Å². The second-order valence-electron chi connectivity index (χ2n) is 3.50. The minimum atomic E-state index is 0.813. The Kier molecular flexibility index (Phi) is 2.36. The van der Waals surface area contributed by atoms with Gasteiger partial charge in [-0.3, -0.25) is 5.41 Å². The van der Waals surface area contributed by atoms with Crippen molar-refractivity contribution in [1.82, 2.24) is 4.90 Å². The van der Waals surface area contributed by atoms with Crippen molar-refractivity contribution in [3.63, 3.8) is 0 Å². The van der Waals surface area contributed by atoms with Crippen LogP contribution in [0.15, 0.2) is 11.4 Å². The highest BCUT2D eigenvalue weighted by atomic mass is 32.1. The Hall–Kier alpha value is -0.830. The van der Waals surface area contributed by atoms with Crippen LogP contribution in [-0.4, -0.2) is 17.3 Å². The van der Waals surface area contributed by atoms with E-state index in [2.05, 4.69) is 23.3 Å². The molecule has 0 aliphatic carbocycles. The van der Waals surface area contributed by atoms with Crippen LogP contribution in [0.2, 0.25) is 0 Å². The summed E-state index contributed by atoms with van der Waals surface area (Å²) in [6.45, 7) is 4.16. The summed E-state index contributed by atoms with van der Waals surface area (Å²) < 4.78 is 0. The number of nitrogens with zero attached hydrogens (tertiary/aromatic N) is 1. The zero-order valence-electron chi connectivity index (χ0n) is 7.84. The zero-order valence-corrected chi connectivity index (χ0v) is 8.66. The molecule has 1 aromatic heterocycles. The van der Waals surface area contributed by atoms with Crippen LogP contribution in [0.5, 0.6) is 0 Å².